The van der Waals surface area contributed by atoms with E-state index in [9.17, 15) is 9.59 Å². The molecule has 0 spiro atoms. The van der Waals surface area contributed by atoms with Crippen molar-refractivity contribution >= 4 is 23.6 Å². The molecule has 9 heteroatoms. The van der Waals surface area contributed by atoms with Crippen molar-refractivity contribution < 1.29 is 14.3 Å². The molecule has 0 saturated heterocycles. The van der Waals surface area contributed by atoms with E-state index in [0.717, 1.165) is 36.2 Å². The highest BCUT2D eigenvalue weighted by molar-refractivity contribution is 5.80. The lowest BCUT2D eigenvalue weighted by atomic mass is 9.97. The first kappa shape index (κ1) is 20.8. The first-order chi connectivity index (χ1) is 13.9. The quantitative estimate of drug-likeness (QED) is 0.511. The van der Waals surface area contributed by atoms with Gasteiger partial charge in [-0.25, -0.2) is 4.98 Å². The molecule has 156 valence electrons. The van der Waals surface area contributed by atoms with Crippen LogP contribution < -0.4 is 11.1 Å². The van der Waals surface area contributed by atoms with Gasteiger partial charge in [-0.15, -0.1) is 5.10 Å². The summed E-state index contributed by atoms with van der Waals surface area (Å²) in [4.78, 5) is 32.3. The molecule has 0 bridgehead atoms. The largest absolute Gasteiger partial charge is 0.456 e. The summed E-state index contributed by atoms with van der Waals surface area (Å²) >= 11 is 0. The van der Waals surface area contributed by atoms with E-state index in [1.54, 1.807) is 4.52 Å². The first-order valence-corrected chi connectivity index (χ1v) is 10.0. The SMILES string of the molecule is Cc1nc2nc(N)nn2c(C)c1CCC(=O)OCC(=O)NCCC1=CCCCC1. The van der Waals surface area contributed by atoms with E-state index < -0.39 is 5.97 Å². The molecule has 3 rings (SSSR count). The lowest BCUT2D eigenvalue weighted by molar-refractivity contribution is -0.148. The molecule has 0 aliphatic heterocycles. The van der Waals surface area contributed by atoms with Crippen LogP contribution in [0.3, 0.4) is 0 Å². The van der Waals surface area contributed by atoms with Crippen LogP contribution in [0.1, 0.15) is 55.5 Å². The summed E-state index contributed by atoms with van der Waals surface area (Å²) in [6.07, 6.45) is 8.44. The van der Waals surface area contributed by atoms with Gasteiger partial charge in [0.2, 0.25) is 5.95 Å². The van der Waals surface area contributed by atoms with E-state index in [1.165, 1.54) is 18.4 Å². The van der Waals surface area contributed by atoms with Crippen LogP contribution >= 0.6 is 0 Å². The predicted octanol–water partition coefficient (Wildman–Crippen LogP) is 1.81. The molecule has 2 aromatic heterocycles. The molecule has 1 aliphatic carbocycles. The average Bonchev–Trinajstić information content (AvgIpc) is 3.07. The molecule has 29 heavy (non-hydrogen) atoms. The van der Waals surface area contributed by atoms with Crippen molar-refractivity contribution in [2.75, 3.05) is 18.9 Å². The van der Waals surface area contributed by atoms with Gasteiger partial charge >= 0.3 is 5.97 Å². The number of esters is 1. The molecule has 9 nitrogen and oxygen atoms in total. The number of hydrogen-bond donors (Lipinski definition) is 2. The normalized spacial score (nSPS) is 13.9. The van der Waals surface area contributed by atoms with Crippen LogP contribution in [0.25, 0.3) is 5.78 Å². The Morgan fingerprint density at radius 3 is 2.83 bits per heavy atom. The number of amides is 1. The van der Waals surface area contributed by atoms with Crippen LogP contribution in [-0.4, -0.2) is 44.6 Å². The summed E-state index contributed by atoms with van der Waals surface area (Å²) in [5, 5.41) is 6.91. The fourth-order valence-corrected chi connectivity index (χ4v) is 3.58. The smallest absolute Gasteiger partial charge is 0.306 e. The van der Waals surface area contributed by atoms with Crippen LogP contribution in [-0.2, 0) is 20.7 Å². The Morgan fingerprint density at radius 2 is 2.07 bits per heavy atom. The number of aromatic nitrogens is 4. The topological polar surface area (TPSA) is 124 Å². The molecule has 0 unspecified atom stereocenters. The fraction of sp³-hybridized carbons (Fsp3) is 0.550. The maximum atomic E-state index is 12.0. The number of allylic oxidation sites excluding steroid dienone is 1. The van der Waals surface area contributed by atoms with Gasteiger partial charge in [0.25, 0.3) is 11.7 Å². The van der Waals surface area contributed by atoms with Crippen molar-refractivity contribution in [1.29, 1.82) is 0 Å². The maximum absolute atomic E-state index is 12.0. The summed E-state index contributed by atoms with van der Waals surface area (Å²) in [6.45, 7) is 4.06. The minimum Gasteiger partial charge on any atom is -0.456 e. The lowest BCUT2D eigenvalue weighted by Gasteiger charge is -2.13. The summed E-state index contributed by atoms with van der Waals surface area (Å²) in [5.41, 5.74) is 9.52. The number of hydrogen-bond acceptors (Lipinski definition) is 7. The van der Waals surface area contributed by atoms with Crippen molar-refractivity contribution in [1.82, 2.24) is 24.9 Å². The minimum absolute atomic E-state index is 0.152. The average molecular weight is 400 g/mol. The Labute approximate surface area is 169 Å². The second kappa shape index (κ2) is 9.49. The van der Waals surface area contributed by atoms with Gasteiger partial charge in [0, 0.05) is 24.4 Å². The molecule has 1 amide bonds. The third-order valence-corrected chi connectivity index (χ3v) is 5.16. The van der Waals surface area contributed by atoms with Crippen molar-refractivity contribution in [2.45, 2.75) is 58.8 Å². The van der Waals surface area contributed by atoms with Gasteiger partial charge in [0.1, 0.15) is 0 Å². The number of anilines is 1. The van der Waals surface area contributed by atoms with Gasteiger partial charge in [-0.1, -0.05) is 11.6 Å². The molecular weight excluding hydrogens is 372 g/mol. The number of carbonyl (C=O) groups is 2. The first-order valence-electron chi connectivity index (χ1n) is 10.0. The van der Waals surface area contributed by atoms with E-state index >= 15 is 0 Å². The van der Waals surface area contributed by atoms with Crippen LogP contribution in [0.2, 0.25) is 0 Å². The Kier molecular flexibility index (Phi) is 6.79. The molecule has 2 aromatic rings. The summed E-state index contributed by atoms with van der Waals surface area (Å²) < 4.78 is 6.67. The van der Waals surface area contributed by atoms with Gasteiger partial charge in [-0.2, -0.15) is 9.50 Å². The number of carbonyl (C=O) groups excluding carboxylic acids is 2. The molecule has 0 aromatic carbocycles. The van der Waals surface area contributed by atoms with E-state index in [-0.39, 0.29) is 24.9 Å². The van der Waals surface area contributed by atoms with Gasteiger partial charge in [-0.05, 0) is 57.9 Å². The number of nitrogens with two attached hydrogens (primary N) is 1. The molecule has 0 fully saturated rings. The Balaban J connectivity index is 1.42. The lowest BCUT2D eigenvalue weighted by Crippen LogP contribution is -2.30. The number of nitrogens with zero attached hydrogens (tertiary/aromatic N) is 4. The predicted molar refractivity (Wildman–Crippen MR) is 108 cm³/mol. The third-order valence-electron chi connectivity index (χ3n) is 5.16. The van der Waals surface area contributed by atoms with Crippen LogP contribution in [0.5, 0.6) is 0 Å². The van der Waals surface area contributed by atoms with Gasteiger partial charge in [0.05, 0.1) is 0 Å². The monoisotopic (exact) mass is 400 g/mol. The van der Waals surface area contributed by atoms with E-state index in [4.69, 9.17) is 10.5 Å². The highest BCUT2D eigenvalue weighted by Gasteiger charge is 2.15. The number of fused-ring (bicyclic) bond motifs is 1. The van der Waals surface area contributed by atoms with Crippen molar-refractivity contribution in [2.24, 2.45) is 0 Å². The number of aryl methyl sites for hydroxylation is 2. The van der Waals surface area contributed by atoms with Crippen molar-refractivity contribution in [3.05, 3.63) is 28.6 Å². The van der Waals surface area contributed by atoms with Crippen LogP contribution in [0.4, 0.5) is 5.95 Å². The zero-order valence-electron chi connectivity index (χ0n) is 17.0. The van der Waals surface area contributed by atoms with Gasteiger partial charge in [0.15, 0.2) is 6.61 Å². The Hall–Kier alpha value is -2.97. The molecule has 2 heterocycles. The highest BCUT2D eigenvalue weighted by Crippen LogP contribution is 2.19. The minimum atomic E-state index is -0.424. The molecular formula is C20H28N6O3. The molecule has 0 radical (unpaired) electrons. The number of nitrogen functional groups attached to an aromatic ring is 1. The zero-order valence-corrected chi connectivity index (χ0v) is 17.0. The summed E-state index contributed by atoms with van der Waals surface area (Å²) in [7, 11) is 0. The number of rotatable bonds is 8. The van der Waals surface area contributed by atoms with Gasteiger partial charge in [-0.3, -0.25) is 9.59 Å². The maximum Gasteiger partial charge on any atom is 0.306 e. The zero-order chi connectivity index (χ0) is 20.8. The number of ether oxygens (including phenoxy) is 1. The second-order valence-corrected chi connectivity index (χ2v) is 7.31. The Morgan fingerprint density at radius 1 is 1.24 bits per heavy atom. The van der Waals surface area contributed by atoms with Crippen molar-refractivity contribution in [3.63, 3.8) is 0 Å². The standard InChI is InChI=1S/C20H28N6O3/c1-13-16(14(2)26-20(23-13)24-19(21)25-26)8-9-18(28)29-12-17(27)22-11-10-15-6-4-3-5-7-15/h6H,3-5,7-12H2,1-2H3,(H2,21,25)(H,22,27). The molecule has 1 aliphatic rings. The highest BCUT2D eigenvalue weighted by atomic mass is 16.5. The van der Waals surface area contributed by atoms with Crippen LogP contribution in [0, 0.1) is 13.8 Å². The van der Waals surface area contributed by atoms with Gasteiger partial charge < -0.3 is 15.8 Å². The summed E-state index contributed by atoms with van der Waals surface area (Å²) in [5.74, 6) is -0.109. The second-order valence-electron chi connectivity index (χ2n) is 7.31. The van der Waals surface area contributed by atoms with E-state index in [2.05, 4.69) is 26.5 Å². The number of nitrogens with one attached hydrogen (secondary N) is 1. The summed E-state index contributed by atoms with van der Waals surface area (Å²) in [6, 6.07) is 0. The van der Waals surface area contributed by atoms with Crippen molar-refractivity contribution in [3.8, 4) is 0 Å². The van der Waals surface area contributed by atoms with E-state index in [0.29, 0.717) is 18.7 Å². The molecule has 3 N–H and O–H groups in total. The van der Waals surface area contributed by atoms with E-state index in [1.807, 2.05) is 13.8 Å². The Bertz CT molecular complexity index is 934. The third kappa shape index (κ3) is 5.52. The molecule has 0 atom stereocenters. The molecule has 0 saturated carbocycles. The van der Waals surface area contributed by atoms with Crippen LogP contribution in [0.15, 0.2) is 11.6 Å². The fourth-order valence-electron chi connectivity index (χ4n) is 3.58.